The number of fused-ring (bicyclic) bond motifs is 2. The zero-order valence-electron chi connectivity index (χ0n) is 11.1. The van der Waals surface area contributed by atoms with Crippen LogP contribution in [0.5, 0.6) is 0 Å². The van der Waals surface area contributed by atoms with Crippen molar-refractivity contribution in [2.24, 2.45) is 0 Å². The predicted molar refractivity (Wildman–Crippen MR) is 83.0 cm³/mol. The number of hydrogen-bond acceptors (Lipinski definition) is 2. The third-order valence-corrected chi connectivity index (χ3v) is 5.13. The molecule has 2 heteroatoms. The number of aryl methyl sites for hydroxylation is 1. The molecule has 19 heavy (non-hydrogen) atoms. The van der Waals surface area contributed by atoms with Crippen molar-refractivity contribution in [3.05, 3.63) is 56.8 Å². The quantitative estimate of drug-likeness (QED) is 0.803. The van der Waals surface area contributed by atoms with E-state index in [0.717, 1.165) is 13.0 Å². The van der Waals surface area contributed by atoms with Crippen molar-refractivity contribution < 1.29 is 0 Å². The van der Waals surface area contributed by atoms with Gasteiger partial charge in [-0.3, -0.25) is 0 Å². The average Bonchev–Trinajstić information content (AvgIpc) is 2.98. The Bertz CT molecular complexity index is 678. The Balaban J connectivity index is 1.92. The van der Waals surface area contributed by atoms with Crippen LogP contribution < -0.4 is 5.32 Å². The number of thiophene rings is 1. The van der Waals surface area contributed by atoms with E-state index in [0.29, 0.717) is 0 Å². The fourth-order valence-corrected chi connectivity index (χ4v) is 4.32. The summed E-state index contributed by atoms with van der Waals surface area (Å²) in [6, 6.07) is 9.05. The Morgan fingerprint density at radius 3 is 3.05 bits per heavy atom. The average molecular weight is 267 g/mol. The molecule has 2 heterocycles. The molecule has 1 aliphatic heterocycles. The van der Waals surface area contributed by atoms with Gasteiger partial charge in [-0.2, -0.15) is 0 Å². The summed E-state index contributed by atoms with van der Waals surface area (Å²) in [5, 5.41) is 5.84. The molecular formula is C17H17NS. The molecule has 1 aromatic carbocycles. The van der Waals surface area contributed by atoms with Gasteiger partial charge in [0, 0.05) is 29.1 Å². The highest BCUT2D eigenvalue weighted by molar-refractivity contribution is 7.10. The molecule has 0 unspecified atom stereocenters. The fourth-order valence-electron chi connectivity index (χ4n) is 3.35. The molecule has 0 bridgehead atoms. The van der Waals surface area contributed by atoms with Crippen molar-refractivity contribution >= 4 is 22.6 Å². The topological polar surface area (TPSA) is 12.0 Å². The van der Waals surface area contributed by atoms with Gasteiger partial charge in [0.25, 0.3) is 0 Å². The van der Waals surface area contributed by atoms with Crippen LogP contribution in [0.25, 0.3) is 5.57 Å². The number of hydrogen-bond donors (Lipinski definition) is 1. The summed E-state index contributed by atoms with van der Waals surface area (Å²) < 4.78 is 0. The van der Waals surface area contributed by atoms with E-state index in [9.17, 15) is 0 Å². The van der Waals surface area contributed by atoms with Gasteiger partial charge in [0.05, 0.1) is 0 Å². The van der Waals surface area contributed by atoms with Crippen molar-refractivity contribution in [2.75, 3.05) is 11.9 Å². The van der Waals surface area contributed by atoms with Crippen molar-refractivity contribution in [2.45, 2.75) is 26.2 Å². The summed E-state index contributed by atoms with van der Waals surface area (Å²) in [5.41, 5.74) is 8.72. The summed E-state index contributed by atoms with van der Waals surface area (Å²) in [7, 11) is 0. The molecular weight excluding hydrogens is 250 g/mol. The SMILES string of the molecule is CC1=C(c2cccc3c2NCCC3)c2ccsc2C1. The summed E-state index contributed by atoms with van der Waals surface area (Å²) >= 11 is 1.89. The van der Waals surface area contributed by atoms with Gasteiger partial charge in [0.15, 0.2) is 0 Å². The molecule has 0 atom stereocenters. The maximum atomic E-state index is 3.62. The molecule has 0 amide bonds. The minimum absolute atomic E-state index is 1.10. The summed E-state index contributed by atoms with van der Waals surface area (Å²) in [5.74, 6) is 0. The van der Waals surface area contributed by atoms with Crippen LogP contribution in [0.2, 0.25) is 0 Å². The number of benzene rings is 1. The minimum Gasteiger partial charge on any atom is -0.384 e. The first-order valence-corrected chi connectivity index (χ1v) is 7.85. The van der Waals surface area contributed by atoms with E-state index >= 15 is 0 Å². The molecule has 0 saturated carbocycles. The molecule has 2 aromatic rings. The van der Waals surface area contributed by atoms with Crippen molar-refractivity contribution in [3.63, 3.8) is 0 Å². The van der Waals surface area contributed by atoms with Crippen molar-refractivity contribution in [3.8, 4) is 0 Å². The Labute approximate surface area is 118 Å². The molecule has 0 radical (unpaired) electrons. The molecule has 4 rings (SSSR count). The van der Waals surface area contributed by atoms with E-state index in [2.05, 4.69) is 41.9 Å². The second kappa shape index (κ2) is 4.24. The maximum absolute atomic E-state index is 3.62. The lowest BCUT2D eigenvalue weighted by molar-refractivity contribution is 0.829. The van der Waals surface area contributed by atoms with Gasteiger partial charge in [0.2, 0.25) is 0 Å². The van der Waals surface area contributed by atoms with Gasteiger partial charge in [-0.15, -0.1) is 11.3 Å². The largest absolute Gasteiger partial charge is 0.384 e. The number of anilines is 1. The van der Waals surface area contributed by atoms with E-state index in [-0.39, 0.29) is 0 Å². The first-order valence-electron chi connectivity index (χ1n) is 6.97. The molecule has 0 saturated heterocycles. The predicted octanol–water partition coefficient (Wildman–Crippen LogP) is 4.48. The smallest absolute Gasteiger partial charge is 0.0452 e. The van der Waals surface area contributed by atoms with Gasteiger partial charge >= 0.3 is 0 Å². The zero-order valence-corrected chi connectivity index (χ0v) is 11.9. The number of rotatable bonds is 1. The summed E-state index contributed by atoms with van der Waals surface area (Å²) in [4.78, 5) is 1.53. The lowest BCUT2D eigenvalue weighted by Crippen LogP contribution is -2.13. The van der Waals surface area contributed by atoms with E-state index < -0.39 is 0 Å². The highest BCUT2D eigenvalue weighted by atomic mass is 32.1. The number of nitrogens with one attached hydrogen (secondary N) is 1. The first-order chi connectivity index (χ1) is 9.34. The molecule has 1 aromatic heterocycles. The number of para-hydroxylation sites is 1. The zero-order chi connectivity index (χ0) is 12.8. The van der Waals surface area contributed by atoms with Crippen LogP contribution in [-0.2, 0) is 12.8 Å². The monoisotopic (exact) mass is 267 g/mol. The molecule has 2 aliphatic rings. The first kappa shape index (κ1) is 11.3. The highest BCUT2D eigenvalue weighted by Gasteiger charge is 2.24. The van der Waals surface area contributed by atoms with E-state index in [4.69, 9.17) is 0 Å². The van der Waals surface area contributed by atoms with Crippen molar-refractivity contribution in [1.82, 2.24) is 0 Å². The Morgan fingerprint density at radius 2 is 2.11 bits per heavy atom. The van der Waals surface area contributed by atoms with Crippen LogP contribution >= 0.6 is 11.3 Å². The van der Waals surface area contributed by atoms with Crippen LogP contribution in [0, 0.1) is 0 Å². The van der Waals surface area contributed by atoms with Gasteiger partial charge in [-0.05, 0) is 47.9 Å². The Morgan fingerprint density at radius 1 is 1.16 bits per heavy atom. The third-order valence-electron chi connectivity index (χ3n) is 4.21. The highest BCUT2D eigenvalue weighted by Crippen LogP contribution is 2.43. The van der Waals surface area contributed by atoms with Gasteiger partial charge in [-0.25, -0.2) is 0 Å². The Hall–Kier alpha value is -1.54. The lowest BCUT2D eigenvalue weighted by Gasteiger charge is -2.22. The van der Waals surface area contributed by atoms with E-state index in [1.807, 2.05) is 11.3 Å². The standard InChI is InChI=1S/C17H17NS/c1-11-10-15-13(7-9-19-15)16(11)14-6-2-4-12-5-3-8-18-17(12)14/h2,4,6-7,9,18H,3,5,8,10H2,1H3. The summed E-state index contributed by atoms with van der Waals surface area (Å²) in [6.45, 7) is 3.39. The summed E-state index contributed by atoms with van der Waals surface area (Å²) in [6.07, 6.45) is 3.59. The Kier molecular flexibility index (Phi) is 2.52. The molecule has 96 valence electrons. The lowest BCUT2D eigenvalue weighted by atomic mass is 9.92. The van der Waals surface area contributed by atoms with Crippen LogP contribution in [0.1, 0.15) is 34.9 Å². The van der Waals surface area contributed by atoms with Gasteiger partial charge in [0.1, 0.15) is 0 Å². The van der Waals surface area contributed by atoms with Crippen LogP contribution in [-0.4, -0.2) is 6.54 Å². The number of allylic oxidation sites excluding steroid dienone is 1. The van der Waals surface area contributed by atoms with Crippen LogP contribution in [0.3, 0.4) is 0 Å². The normalized spacial score (nSPS) is 17.1. The second-order valence-corrected chi connectivity index (χ2v) is 6.46. The second-order valence-electron chi connectivity index (χ2n) is 5.46. The van der Waals surface area contributed by atoms with Crippen LogP contribution in [0.4, 0.5) is 5.69 Å². The molecule has 1 aliphatic carbocycles. The van der Waals surface area contributed by atoms with Gasteiger partial charge in [-0.1, -0.05) is 23.8 Å². The maximum Gasteiger partial charge on any atom is 0.0452 e. The van der Waals surface area contributed by atoms with Crippen LogP contribution in [0.15, 0.2) is 35.2 Å². The molecule has 0 fully saturated rings. The third kappa shape index (κ3) is 1.67. The fraction of sp³-hybridized carbons (Fsp3) is 0.294. The van der Waals surface area contributed by atoms with Gasteiger partial charge < -0.3 is 5.32 Å². The van der Waals surface area contributed by atoms with E-state index in [1.54, 1.807) is 0 Å². The molecule has 1 nitrogen and oxygen atoms in total. The molecule has 1 N–H and O–H groups in total. The minimum atomic E-state index is 1.10. The molecule has 0 spiro atoms. The van der Waals surface area contributed by atoms with E-state index in [1.165, 1.54) is 51.2 Å². The van der Waals surface area contributed by atoms with Crippen molar-refractivity contribution in [1.29, 1.82) is 0 Å².